The lowest BCUT2D eigenvalue weighted by atomic mass is 9.83. The Morgan fingerprint density at radius 3 is 1.95 bits per heavy atom. The molecule has 0 bridgehead atoms. The fraction of sp³-hybridized carbons (Fsp3) is 0.857. The molecule has 0 radical (unpaired) electrons. The number of carboxylic acids is 1. The van der Waals surface area contributed by atoms with Gasteiger partial charge in [-0.25, -0.2) is 4.79 Å². The van der Waals surface area contributed by atoms with Crippen molar-refractivity contribution in [2.75, 3.05) is 26.2 Å². The van der Waals surface area contributed by atoms with Gasteiger partial charge in [-0.15, -0.1) is 0 Å². The number of urea groups is 1. The van der Waals surface area contributed by atoms with Gasteiger partial charge in [-0.1, -0.05) is 13.8 Å². The van der Waals surface area contributed by atoms with Gasteiger partial charge in [0.1, 0.15) is 0 Å². The zero-order chi connectivity index (χ0) is 14.3. The Bertz CT molecular complexity index is 384. The molecule has 5 heteroatoms. The van der Waals surface area contributed by atoms with E-state index in [9.17, 15) is 14.7 Å². The van der Waals surface area contributed by atoms with Crippen molar-refractivity contribution in [3.8, 4) is 0 Å². The Kier molecular flexibility index (Phi) is 3.49. The largest absolute Gasteiger partial charge is 0.481 e. The molecule has 108 valence electrons. The summed E-state index contributed by atoms with van der Waals surface area (Å²) in [4.78, 5) is 27.2. The van der Waals surface area contributed by atoms with E-state index in [-0.39, 0.29) is 6.03 Å². The highest BCUT2D eigenvalue weighted by Gasteiger charge is 2.43. The van der Waals surface area contributed by atoms with E-state index in [0.717, 1.165) is 25.9 Å². The molecule has 1 N–H and O–H groups in total. The lowest BCUT2D eigenvalue weighted by Crippen LogP contribution is -2.48. The number of carbonyl (C=O) groups is 2. The molecule has 0 aliphatic carbocycles. The summed E-state index contributed by atoms with van der Waals surface area (Å²) in [7, 11) is 0. The first kappa shape index (κ1) is 14.2. The molecule has 0 aromatic carbocycles. The molecule has 19 heavy (non-hydrogen) atoms. The average Bonchev–Trinajstić information content (AvgIpc) is 2.72. The van der Waals surface area contributed by atoms with Crippen molar-refractivity contribution in [1.29, 1.82) is 0 Å². The van der Waals surface area contributed by atoms with Gasteiger partial charge in [0.15, 0.2) is 0 Å². The maximum Gasteiger partial charge on any atom is 0.320 e. The van der Waals surface area contributed by atoms with Crippen LogP contribution in [0.15, 0.2) is 0 Å². The molecular formula is C14H24N2O3. The first-order chi connectivity index (χ1) is 8.73. The molecule has 0 aromatic rings. The quantitative estimate of drug-likeness (QED) is 0.791. The summed E-state index contributed by atoms with van der Waals surface area (Å²) in [6.07, 6.45) is 2.58. The SMILES string of the molecule is CC1(C)CCN(C(=O)N2CCC(C)(C(=O)O)C2)CC1. The van der Waals surface area contributed by atoms with Crippen molar-refractivity contribution >= 4 is 12.0 Å². The van der Waals surface area contributed by atoms with E-state index >= 15 is 0 Å². The molecule has 0 saturated carbocycles. The minimum absolute atomic E-state index is 0.0143. The standard InChI is InChI=1S/C14H24N2O3/c1-13(2)4-7-15(8-5-13)12(19)16-9-6-14(3,10-16)11(17)18/h4-10H2,1-3H3,(H,17,18). The third-order valence-electron chi connectivity index (χ3n) is 4.65. The monoisotopic (exact) mass is 268 g/mol. The van der Waals surface area contributed by atoms with Crippen molar-refractivity contribution in [3.05, 3.63) is 0 Å². The number of carboxylic acid groups (broad SMARTS) is 1. The average molecular weight is 268 g/mol. The Labute approximate surface area is 114 Å². The zero-order valence-corrected chi connectivity index (χ0v) is 12.1. The summed E-state index contributed by atoms with van der Waals surface area (Å²) in [5.41, 5.74) is -0.456. The molecule has 2 fully saturated rings. The van der Waals surface area contributed by atoms with Gasteiger partial charge in [0.25, 0.3) is 0 Å². The van der Waals surface area contributed by atoms with Crippen LogP contribution in [0.2, 0.25) is 0 Å². The van der Waals surface area contributed by atoms with Gasteiger partial charge in [0.2, 0.25) is 0 Å². The Balaban J connectivity index is 1.94. The van der Waals surface area contributed by atoms with E-state index in [1.165, 1.54) is 0 Å². The molecule has 2 amide bonds. The van der Waals surface area contributed by atoms with Crippen LogP contribution in [-0.2, 0) is 4.79 Å². The topological polar surface area (TPSA) is 60.9 Å². The normalized spacial score (nSPS) is 30.5. The minimum atomic E-state index is -0.803. The maximum atomic E-state index is 12.4. The molecule has 5 nitrogen and oxygen atoms in total. The van der Waals surface area contributed by atoms with Gasteiger partial charge in [0.05, 0.1) is 5.41 Å². The van der Waals surface area contributed by atoms with E-state index in [1.807, 2.05) is 4.90 Å². The Morgan fingerprint density at radius 2 is 1.47 bits per heavy atom. The zero-order valence-electron chi connectivity index (χ0n) is 12.1. The number of rotatable bonds is 1. The van der Waals surface area contributed by atoms with Crippen molar-refractivity contribution in [2.45, 2.75) is 40.0 Å². The van der Waals surface area contributed by atoms with E-state index in [2.05, 4.69) is 13.8 Å². The van der Waals surface area contributed by atoms with Crippen molar-refractivity contribution in [1.82, 2.24) is 9.80 Å². The first-order valence-corrected chi connectivity index (χ1v) is 7.01. The molecule has 0 spiro atoms. The van der Waals surface area contributed by atoms with E-state index in [4.69, 9.17) is 0 Å². The van der Waals surface area contributed by atoms with Crippen molar-refractivity contribution in [3.63, 3.8) is 0 Å². The summed E-state index contributed by atoms with van der Waals surface area (Å²) >= 11 is 0. The second-order valence-corrected chi connectivity index (χ2v) is 6.97. The van der Waals surface area contributed by atoms with Crippen LogP contribution < -0.4 is 0 Å². The van der Waals surface area contributed by atoms with Gasteiger partial charge in [-0.3, -0.25) is 4.79 Å². The molecule has 2 rings (SSSR count). The number of hydrogen-bond acceptors (Lipinski definition) is 2. The Hall–Kier alpha value is -1.26. The second kappa shape index (κ2) is 4.69. The van der Waals surface area contributed by atoms with Gasteiger partial charge >= 0.3 is 12.0 Å². The number of likely N-dealkylation sites (tertiary alicyclic amines) is 2. The fourth-order valence-electron chi connectivity index (χ4n) is 2.80. The smallest absolute Gasteiger partial charge is 0.320 e. The highest BCUT2D eigenvalue weighted by atomic mass is 16.4. The number of amides is 2. The number of nitrogens with zero attached hydrogens (tertiary/aromatic N) is 2. The van der Waals surface area contributed by atoms with Crippen LogP contribution in [0, 0.1) is 10.8 Å². The first-order valence-electron chi connectivity index (χ1n) is 7.01. The van der Waals surface area contributed by atoms with Gasteiger partial charge in [-0.05, 0) is 31.6 Å². The fourth-order valence-corrected chi connectivity index (χ4v) is 2.80. The molecule has 2 aliphatic heterocycles. The predicted octanol–water partition coefficient (Wildman–Crippen LogP) is 2.03. The molecule has 2 saturated heterocycles. The number of hydrogen-bond donors (Lipinski definition) is 1. The van der Waals surface area contributed by atoms with Crippen LogP contribution in [0.25, 0.3) is 0 Å². The number of aliphatic carboxylic acids is 1. The minimum Gasteiger partial charge on any atom is -0.481 e. The maximum absolute atomic E-state index is 12.4. The van der Waals surface area contributed by atoms with E-state index < -0.39 is 11.4 Å². The summed E-state index contributed by atoms with van der Waals surface area (Å²) in [5, 5.41) is 9.20. The molecular weight excluding hydrogens is 244 g/mol. The summed E-state index contributed by atoms with van der Waals surface area (Å²) in [6, 6.07) is 0.0143. The molecule has 2 heterocycles. The highest BCUT2D eigenvalue weighted by Crippen LogP contribution is 2.33. The summed E-state index contributed by atoms with van der Waals surface area (Å²) in [6.45, 7) is 8.64. The van der Waals surface area contributed by atoms with Crippen LogP contribution in [0.3, 0.4) is 0 Å². The highest BCUT2D eigenvalue weighted by molar-refractivity contribution is 5.79. The Morgan fingerprint density at radius 1 is 0.947 bits per heavy atom. The van der Waals surface area contributed by atoms with Crippen molar-refractivity contribution < 1.29 is 14.7 Å². The van der Waals surface area contributed by atoms with Crippen LogP contribution in [0.5, 0.6) is 0 Å². The summed E-state index contributed by atoms with van der Waals surface area (Å²) in [5.74, 6) is -0.803. The number of piperidine rings is 1. The van der Waals surface area contributed by atoms with Gasteiger partial charge < -0.3 is 14.9 Å². The van der Waals surface area contributed by atoms with Gasteiger partial charge in [-0.2, -0.15) is 0 Å². The molecule has 0 aromatic heterocycles. The number of carbonyl (C=O) groups excluding carboxylic acids is 1. The predicted molar refractivity (Wildman–Crippen MR) is 71.9 cm³/mol. The third kappa shape index (κ3) is 2.85. The van der Waals surface area contributed by atoms with Crippen molar-refractivity contribution in [2.24, 2.45) is 10.8 Å². The lowest BCUT2D eigenvalue weighted by molar-refractivity contribution is -0.147. The van der Waals surface area contributed by atoms with Crippen LogP contribution in [0.1, 0.15) is 40.0 Å². The summed E-state index contributed by atoms with van der Waals surface area (Å²) < 4.78 is 0. The van der Waals surface area contributed by atoms with Crippen LogP contribution >= 0.6 is 0 Å². The third-order valence-corrected chi connectivity index (χ3v) is 4.65. The van der Waals surface area contributed by atoms with E-state index in [1.54, 1.807) is 11.8 Å². The van der Waals surface area contributed by atoms with Gasteiger partial charge in [0, 0.05) is 26.2 Å². The van der Waals surface area contributed by atoms with Crippen LogP contribution in [-0.4, -0.2) is 53.1 Å². The van der Waals surface area contributed by atoms with Crippen LogP contribution in [0.4, 0.5) is 4.79 Å². The molecule has 1 atom stereocenters. The molecule has 2 aliphatic rings. The molecule has 1 unspecified atom stereocenters. The lowest BCUT2D eigenvalue weighted by Gasteiger charge is -2.38. The van der Waals surface area contributed by atoms with E-state index in [0.29, 0.717) is 24.9 Å². The second-order valence-electron chi connectivity index (χ2n) is 6.97.